The third-order valence-electron chi connectivity index (χ3n) is 8.73. The van der Waals surface area contributed by atoms with Crippen LogP contribution in [-0.2, 0) is 20.9 Å². The van der Waals surface area contributed by atoms with Gasteiger partial charge in [-0.1, -0.05) is 48.5 Å². The van der Waals surface area contributed by atoms with Gasteiger partial charge < -0.3 is 15.0 Å². The summed E-state index contributed by atoms with van der Waals surface area (Å²) in [7, 11) is 0. The molecule has 1 N–H and O–H groups in total. The zero-order valence-electron chi connectivity index (χ0n) is 21.9. The normalized spacial score (nSPS) is 27.4. The van der Waals surface area contributed by atoms with Crippen LogP contribution in [0.2, 0.25) is 0 Å². The van der Waals surface area contributed by atoms with Gasteiger partial charge in [0.15, 0.2) is 0 Å². The van der Waals surface area contributed by atoms with E-state index in [-0.39, 0.29) is 32.0 Å². The van der Waals surface area contributed by atoms with E-state index in [1.54, 1.807) is 0 Å². The third-order valence-corrected chi connectivity index (χ3v) is 8.73. The van der Waals surface area contributed by atoms with Crippen molar-refractivity contribution in [2.45, 2.75) is 69.3 Å². The number of rotatable bonds is 7. The van der Waals surface area contributed by atoms with Gasteiger partial charge in [0.25, 0.3) is 0 Å². The van der Waals surface area contributed by atoms with Crippen molar-refractivity contribution in [1.82, 2.24) is 9.80 Å². The lowest BCUT2D eigenvalue weighted by atomic mass is 9.56. The Labute approximate surface area is 227 Å². The number of para-hydroxylation sites is 1. The number of benzene rings is 2. The minimum atomic E-state index is -1.26. The number of nitriles is 1. The molecular weight excluding hydrogens is 499 g/mol. The summed E-state index contributed by atoms with van der Waals surface area (Å²) in [6, 6.07) is 19.8. The second-order valence-corrected chi connectivity index (χ2v) is 11.0. The predicted molar refractivity (Wildman–Crippen MR) is 142 cm³/mol. The number of nitrogens with zero attached hydrogens (tertiary/aromatic N) is 3. The number of halogens is 1. The summed E-state index contributed by atoms with van der Waals surface area (Å²) >= 11 is 0. The summed E-state index contributed by atoms with van der Waals surface area (Å²) in [6.07, 6.45) is 1.51. The topological polar surface area (TPSA) is 103 Å². The van der Waals surface area contributed by atoms with E-state index < -0.39 is 35.2 Å². The number of hydrogen-bond donors (Lipinski definition) is 1. The first-order valence-electron chi connectivity index (χ1n) is 13.5. The summed E-state index contributed by atoms with van der Waals surface area (Å²) < 4.78 is 19.7. The maximum atomic E-state index is 14.1. The fourth-order valence-electron chi connectivity index (χ4n) is 6.33. The second kappa shape index (κ2) is 11.0. The van der Waals surface area contributed by atoms with E-state index in [1.807, 2.05) is 66.7 Å². The maximum Gasteiger partial charge on any atom is 0.411 e. The molecule has 39 heavy (non-hydrogen) atoms. The Morgan fingerprint density at radius 1 is 1.00 bits per heavy atom. The molecule has 2 aromatic rings. The molecule has 1 aliphatic heterocycles. The maximum absolute atomic E-state index is 14.1. The molecule has 3 saturated carbocycles. The molecule has 4 fully saturated rings. The number of anilines is 1. The number of nitrogens with one attached hydrogen (secondary N) is 1. The van der Waals surface area contributed by atoms with Crippen molar-refractivity contribution in [3.8, 4) is 6.07 Å². The highest BCUT2D eigenvalue weighted by Crippen LogP contribution is 2.55. The Bertz CT molecular complexity index is 1220. The first-order valence-corrected chi connectivity index (χ1v) is 13.5. The number of fused-ring (bicyclic) bond motifs is 3. The van der Waals surface area contributed by atoms with Crippen LogP contribution in [-0.4, -0.2) is 58.5 Å². The Morgan fingerprint density at radius 2 is 1.62 bits per heavy atom. The number of ether oxygens (including phenoxy) is 1. The highest BCUT2D eigenvalue weighted by molar-refractivity contribution is 5.95. The zero-order chi connectivity index (χ0) is 27.5. The van der Waals surface area contributed by atoms with Crippen LogP contribution in [0, 0.1) is 16.7 Å². The monoisotopic (exact) mass is 532 g/mol. The molecule has 204 valence electrons. The van der Waals surface area contributed by atoms with Gasteiger partial charge in [-0.05, 0) is 56.2 Å². The Morgan fingerprint density at radius 3 is 2.23 bits per heavy atom. The fraction of sp³-hybridized carbons (Fsp3) is 0.467. The lowest BCUT2D eigenvalue weighted by Crippen LogP contribution is -2.62. The largest absolute Gasteiger partial charge is 0.445 e. The van der Waals surface area contributed by atoms with Gasteiger partial charge in [0.2, 0.25) is 11.8 Å². The third kappa shape index (κ3) is 5.47. The summed E-state index contributed by atoms with van der Waals surface area (Å²) in [5.41, 5.74) is 0.404. The first kappa shape index (κ1) is 26.7. The number of alkyl halides is 1. The van der Waals surface area contributed by atoms with Crippen molar-refractivity contribution in [3.05, 3.63) is 66.2 Å². The van der Waals surface area contributed by atoms with Crippen molar-refractivity contribution >= 4 is 23.6 Å². The van der Waals surface area contributed by atoms with Crippen LogP contribution >= 0.6 is 0 Å². The molecule has 0 aromatic heterocycles. The van der Waals surface area contributed by atoms with Crippen LogP contribution in [0.5, 0.6) is 0 Å². The molecule has 1 heterocycles. The first-order chi connectivity index (χ1) is 18.8. The quantitative estimate of drug-likeness (QED) is 0.551. The Balaban J connectivity index is 1.32. The van der Waals surface area contributed by atoms with Crippen LogP contribution in [0.3, 0.4) is 0 Å². The average molecular weight is 533 g/mol. The lowest BCUT2D eigenvalue weighted by molar-refractivity contribution is -0.141. The molecule has 6 rings (SSSR count). The summed E-state index contributed by atoms with van der Waals surface area (Å²) in [4.78, 5) is 42.9. The van der Waals surface area contributed by atoms with Crippen LogP contribution in [0.25, 0.3) is 0 Å². The molecule has 1 saturated heterocycles. The SMILES string of the molecule is N#C[C@@H]1C[C@H](F)CN1C(=O)CN(C(=O)OCc1ccccc1)C12CCC(C(=O)Nc3ccccc3)(CC1)CC2. The smallest absolute Gasteiger partial charge is 0.411 e. The standard InChI is InChI=1S/C30H33FN4O4/c31-23-17-25(18-32)34(19-23)26(36)20-35(28(38)39-21-22-7-3-1-4-8-22)30-14-11-29(12-15-30,13-16-30)27(37)33-24-9-5-2-6-10-24/h1-10,23,25H,11-17,19-21H2,(H,33,37)/t23-,25-,29?,30?/m0/s1. The predicted octanol–water partition coefficient (Wildman–Crippen LogP) is 4.82. The number of likely N-dealkylation sites (tertiary alicyclic amines) is 1. The molecule has 9 heteroatoms. The molecular formula is C30H33FN4O4. The molecule has 8 nitrogen and oxygen atoms in total. The highest BCUT2D eigenvalue weighted by Gasteiger charge is 2.56. The molecule has 3 amide bonds. The molecule has 0 unspecified atom stereocenters. The molecule has 0 radical (unpaired) electrons. The van der Waals surface area contributed by atoms with Crippen molar-refractivity contribution in [3.63, 3.8) is 0 Å². The van der Waals surface area contributed by atoms with Gasteiger partial charge in [-0.15, -0.1) is 0 Å². The average Bonchev–Trinajstić information content (AvgIpc) is 3.37. The fourth-order valence-corrected chi connectivity index (χ4v) is 6.33. The second-order valence-electron chi connectivity index (χ2n) is 11.0. The zero-order valence-corrected chi connectivity index (χ0v) is 21.9. The Hall–Kier alpha value is -3.93. The van der Waals surface area contributed by atoms with Gasteiger partial charge in [-0.25, -0.2) is 9.18 Å². The van der Waals surface area contributed by atoms with Crippen LogP contribution < -0.4 is 5.32 Å². The van der Waals surface area contributed by atoms with E-state index in [2.05, 4.69) is 5.32 Å². The van der Waals surface area contributed by atoms with Gasteiger partial charge in [-0.3, -0.25) is 14.5 Å². The number of carbonyl (C=O) groups is 3. The number of amides is 3. The highest BCUT2D eigenvalue weighted by atomic mass is 19.1. The summed E-state index contributed by atoms with van der Waals surface area (Å²) in [6.45, 7) is -0.386. The minimum Gasteiger partial charge on any atom is -0.445 e. The van der Waals surface area contributed by atoms with Gasteiger partial charge in [0.05, 0.1) is 12.6 Å². The minimum absolute atomic E-state index is 0.0146. The van der Waals surface area contributed by atoms with Gasteiger partial charge >= 0.3 is 6.09 Å². The van der Waals surface area contributed by atoms with Crippen LogP contribution in [0.4, 0.5) is 14.9 Å². The van der Waals surface area contributed by atoms with Crippen LogP contribution in [0.15, 0.2) is 60.7 Å². The van der Waals surface area contributed by atoms with E-state index in [1.165, 1.54) is 9.80 Å². The van der Waals surface area contributed by atoms with Gasteiger partial charge in [0.1, 0.15) is 25.4 Å². The molecule has 2 atom stereocenters. The van der Waals surface area contributed by atoms with E-state index >= 15 is 0 Å². The number of carbonyl (C=O) groups excluding carboxylic acids is 3. The number of hydrogen-bond acceptors (Lipinski definition) is 5. The van der Waals surface area contributed by atoms with Crippen molar-refractivity contribution in [2.75, 3.05) is 18.4 Å². The molecule has 3 aliphatic carbocycles. The van der Waals surface area contributed by atoms with E-state index in [4.69, 9.17) is 4.74 Å². The Kier molecular flexibility index (Phi) is 7.56. The molecule has 4 aliphatic rings. The van der Waals surface area contributed by atoms with Crippen molar-refractivity contribution < 1.29 is 23.5 Å². The summed E-state index contributed by atoms with van der Waals surface area (Å²) in [5, 5.41) is 12.5. The van der Waals surface area contributed by atoms with Gasteiger partial charge in [0, 0.05) is 23.1 Å². The van der Waals surface area contributed by atoms with Crippen LogP contribution in [0.1, 0.15) is 50.5 Å². The molecule has 0 spiro atoms. The van der Waals surface area contributed by atoms with E-state index in [0.29, 0.717) is 38.5 Å². The van der Waals surface area contributed by atoms with E-state index in [0.717, 1.165) is 11.3 Å². The van der Waals surface area contributed by atoms with Crippen molar-refractivity contribution in [1.29, 1.82) is 5.26 Å². The van der Waals surface area contributed by atoms with Gasteiger partial charge in [-0.2, -0.15) is 5.26 Å². The molecule has 2 aromatic carbocycles. The molecule has 2 bridgehead atoms. The van der Waals surface area contributed by atoms with E-state index in [9.17, 15) is 24.0 Å². The lowest BCUT2D eigenvalue weighted by Gasteiger charge is -2.56. The van der Waals surface area contributed by atoms with Crippen molar-refractivity contribution in [2.24, 2.45) is 5.41 Å². The summed E-state index contributed by atoms with van der Waals surface area (Å²) in [5.74, 6) is -0.476.